The maximum atomic E-state index is 12.7. The van der Waals surface area contributed by atoms with Crippen LogP contribution in [0.3, 0.4) is 0 Å². The zero-order chi connectivity index (χ0) is 20.3. The highest BCUT2D eigenvalue weighted by Crippen LogP contribution is 2.26. The summed E-state index contributed by atoms with van der Waals surface area (Å²) in [5, 5.41) is 5.97. The fourth-order valence-electron chi connectivity index (χ4n) is 3.85. The van der Waals surface area contributed by atoms with Crippen molar-refractivity contribution in [3.8, 4) is 0 Å². The smallest absolute Gasteiger partial charge is 0.252 e. The number of aromatic nitrogens is 1. The van der Waals surface area contributed by atoms with Gasteiger partial charge in [-0.05, 0) is 48.2 Å². The Balaban J connectivity index is 1.28. The van der Waals surface area contributed by atoms with Gasteiger partial charge in [-0.25, -0.2) is 8.42 Å². The number of aryl methyl sites for hydroxylation is 1. The third-order valence-electron chi connectivity index (χ3n) is 5.40. The van der Waals surface area contributed by atoms with E-state index in [0.717, 1.165) is 19.4 Å². The van der Waals surface area contributed by atoms with Crippen molar-refractivity contribution < 1.29 is 13.2 Å². The number of piperidine rings is 1. The van der Waals surface area contributed by atoms with E-state index in [0.29, 0.717) is 23.7 Å². The minimum absolute atomic E-state index is 0.0477. The van der Waals surface area contributed by atoms with E-state index in [1.807, 2.05) is 12.1 Å². The van der Waals surface area contributed by atoms with E-state index in [2.05, 4.69) is 34.3 Å². The number of nitrogens with one attached hydrogen (secondary N) is 1. The number of carbonyl (C=O) groups excluding carboxylic acids is 1. The molecule has 0 radical (unpaired) electrons. The molecule has 3 aromatic rings. The predicted molar refractivity (Wildman–Crippen MR) is 115 cm³/mol. The largest absolute Gasteiger partial charge is 0.356 e. The van der Waals surface area contributed by atoms with Gasteiger partial charge in [-0.3, -0.25) is 4.79 Å². The van der Waals surface area contributed by atoms with Crippen LogP contribution >= 0.6 is 11.3 Å². The van der Waals surface area contributed by atoms with Gasteiger partial charge < -0.3 is 9.88 Å². The van der Waals surface area contributed by atoms with Crippen LogP contribution in [0.1, 0.15) is 19.3 Å². The SMILES string of the molecule is O=C(NCCCn1ccc2ccccc21)[C@H]1CCCN(S(=O)(=O)c2cccs2)C1. The third-order valence-corrected chi connectivity index (χ3v) is 8.64. The van der Waals surface area contributed by atoms with Crippen LogP contribution in [0.5, 0.6) is 0 Å². The molecule has 2 aromatic heterocycles. The Labute approximate surface area is 175 Å². The van der Waals surface area contributed by atoms with Crippen LogP contribution < -0.4 is 5.32 Å². The van der Waals surface area contributed by atoms with Crippen LogP contribution in [0.2, 0.25) is 0 Å². The predicted octanol–water partition coefficient (Wildman–Crippen LogP) is 3.31. The molecule has 29 heavy (non-hydrogen) atoms. The van der Waals surface area contributed by atoms with Crippen LogP contribution in [-0.4, -0.2) is 42.8 Å². The molecule has 3 heterocycles. The van der Waals surface area contributed by atoms with E-state index in [1.165, 1.54) is 26.5 Å². The lowest BCUT2D eigenvalue weighted by Gasteiger charge is -2.30. The normalized spacial score (nSPS) is 18.1. The summed E-state index contributed by atoms with van der Waals surface area (Å²) in [4.78, 5) is 12.6. The first-order valence-electron chi connectivity index (χ1n) is 9.91. The lowest BCUT2D eigenvalue weighted by atomic mass is 9.99. The van der Waals surface area contributed by atoms with Crippen molar-refractivity contribution in [3.63, 3.8) is 0 Å². The molecule has 4 rings (SSSR count). The molecule has 1 fully saturated rings. The van der Waals surface area contributed by atoms with Gasteiger partial charge >= 0.3 is 0 Å². The summed E-state index contributed by atoms with van der Waals surface area (Å²) >= 11 is 1.22. The number of amides is 1. The minimum atomic E-state index is -3.49. The zero-order valence-corrected chi connectivity index (χ0v) is 17.8. The van der Waals surface area contributed by atoms with Gasteiger partial charge in [0, 0.05) is 37.9 Å². The molecule has 1 amide bonds. The number of nitrogens with zero attached hydrogens (tertiary/aromatic N) is 2. The standard InChI is InChI=1S/C21H25N3O3S2/c25-21(22-11-5-12-23-14-10-17-6-1-2-8-19(17)23)18-7-3-13-24(16-18)29(26,27)20-9-4-15-28-20/h1-2,4,6,8-10,14-15,18H,3,5,7,11-13,16H2,(H,22,25)/t18-/m0/s1. The number of sulfonamides is 1. The summed E-state index contributed by atoms with van der Waals surface area (Å²) in [7, 11) is -3.49. The average Bonchev–Trinajstić information content (AvgIpc) is 3.42. The van der Waals surface area contributed by atoms with Gasteiger partial charge in [-0.15, -0.1) is 11.3 Å². The molecule has 1 aliphatic rings. The topological polar surface area (TPSA) is 71.4 Å². The van der Waals surface area contributed by atoms with Crippen LogP contribution in [0, 0.1) is 5.92 Å². The average molecular weight is 432 g/mol. The number of hydrogen-bond donors (Lipinski definition) is 1. The van der Waals surface area contributed by atoms with Crippen molar-refractivity contribution in [3.05, 3.63) is 54.0 Å². The highest BCUT2D eigenvalue weighted by atomic mass is 32.2. The van der Waals surface area contributed by atoms with Gasteiger partial charge in [0.1, 0.15) is 4.21 Å². The minimum Gasteiger partial charge on any atom is -0.356 e. The number of rotatable bonds is 7. The molecule has 1 saturated heterocycles. The fraction of sp³-hybridized carbons (Fsp3) is 0.381. The summed E-state index contributed by atoms with van der Waals surface area (Å²) in [5.74, 6) is -0.334. The second-order valence-corrected chi connectivity index (χ2v) is 10.5. The Bertz CT molecular complexity index is 1070. The Morgan fingerprint density at radius 3 is 2.86 bits per heavy atom. The van der Waals surface area contributed by atoms with Crippen LogP contribution in [-0.2, 0) is 21.4 Å². The van der Waals surface area contributed by atoms with Crippen LogP contribution in [0.4, 0.5) is 0 Å². The molecule has 1 aromatic carbocycles. The highest BCUT2D eigenvalue weighted by Gasteiger charge is 2.33. The molecular weight excluding hydrogens is 406 g/mol. The van der Waals surface area contributed by atoms with E-state index < -0.39 is 10.0 Å². The summed E-state index contributed by atoms with van der Waals surface area (Å²) in [5.41, 5.74) is 1.19. The first-order chi connectivity index (χ1) is 14.1. The van der Waals surface area contributed by atoms with Gasteiger partial charge in [-0.1, -0.05) is 24.3 Å². The molecule has 0 bridgehead atoms. The number of fused-ring (bicyclic) bond motifs is 1. The van der Waals surface area contributed by atoms with Crippen LogP contribution in [0.25, 0.3) is 10.9 Å². The number of para-hydroxylation sites is 1. The van der Waals surface area contributed by atoms with E-state index in [4.69, 9.17) is 0 Å². The van der Waals surface area contributed by atoms with E-state index in [-0.39, 0.29) is 18.4 Å². The van der Waals surface area contributed by atoms with Crippen molar-refractivity contribution >= 4 is 38.2 Å². The Hall–Kier alpha value is -2.16. The van der Waals surface area contributed by atoms with Crippen molar-refractivity contribution in [1.82, 2.24) is 14.2 Å². The van der Waals surface area contributed by atoms with Crippen molar-refractivity contribution in [2.45, 2.75) is 30.0 Å². The van der Waals surface area contributed by atoms with E-state index >= 15 is 0 Å². The fourth-order valence-corrected chi connectivity index (χ4v) is 6.52. The second-order valence-electron chi connectivity index (χ2n) is 7.35. The van der Waals surface area contributed by atoms with Crippen molar-refractivity contribution in [1.29, 1.82) is 0 Å². The first kappa shape index (κ1) is 20.1. The lowest BCUT2D eigenvalue weighted by molar-refractivity contribution is -0.126. The lowest BCUT2D eigenvalue weighted by Crippen LogP contribution is -2.45. The number of thiophene rings is 1. The third kappa shape index (κ3) is 4.39. The van der Waals surface area contributed by atoms with Crippen molar-refractivity contribution in [2.24, 2.45) is 5.92 Å². The molecule has 1 N–H and O–H groups in total. The molecule has 154 valence electrons. The Morgan fingerprint density at radius 1 is 1.17 bits per heavy atom. The molecule has 0 spiro atoms. The number of hydrogen-bond acceptors (Lipinski definition) is 4. The maximum Gasteiger partial charge on any atom is 0.252 e. The molecule has 1 atom stereocenters. The van der Waals surface area contributed by atoms with E-state index in [1.54, 1.807) is 17.5 Å². The van der Waals surface area contributed by atoms with Crippen molar-refractivity contribution in [2.75, 3.05) is 19.6 Å². The number of carbonyl (C=O) groups is 1. The van der Waals surface area contributed by atoms with Crippen LogP contribution in [0.15, 0.2) is 58.3 Å². The second kappa shape index (κ2) is 8.69. The zero-order valence-electron chi connectivity index (χ0n) is 16.2. The summed E-state index contributed by atoms with van der Waals surface area (Å²) in [6.07, 6.45) is 4.33. The quantitative estimate of drug-likeness (QED) is 0.584. The highest BCUT2D eigenvalue weighted by molar-refractivity contribution is 7.91. The molecule has 0 unspecified atom stereocenters. The monoisotopic (exact) mass is 431 g/mol. The number of benzene rings is 1. The van der Waals surface area contributed by atoms with Gasteiger partial charge in [0.2, 0.25) is 5.91 Å². The van der Waals surface area contributed by atoms with Gasteiger partial charge in [-0.2, -0.15) is 4.31 Å². The Morgan fingerprint density at radius 2 is 2.03 bits per heavy atom. The molecular formula is C21H25N3O3S2. The first-order valence-corrected chi connectivity index (χ1v) is 12.2. The molecule has 8 heteroatoms. The van der Waals surface area contributed by atoms with E-state index in [9.17, 15) is 13.2 Å². The molecule has 0 saturated carbocycles. The molecule has 0 aliphatic carbocycles. The summed E-state index contributed by atoms with van der Waals surface area (Å²) in [6, 6.07) is 13.7. The van der Waals surface area contributed by atoms with Gasteiger partial charge in [0.05, 0.1) is 5.92 Å². The molecule has 1 aliphatic heterocycles. The molecule has 6 nitrogen and oxygen atoms in total. The van der Waals surface area contributed by atoms with Gasteiger partial charge in [0.25, 0.3) is 10.0 Å². The Kier molecular flexibility index (Phi) is 6.03. The summed E-state index contributed by atoms with van der Waals surface area (Å²) in [6.45, 7) is 2.15. The summed E-state index contributed by atoms with van der Waals surface area (Å²) < 4.78 is 29.4. The van der Waals surface area contributed by atoms with Gasteiger partial charge in [0.15, 0.2) is 0 Å². The maximum absolute atomic E-state index is 12.7.